The van der Waals surface area contributed by atoms with Crippen molar-refractivity contribution < 1.29 is 4.74 Å². The number of fused-ring (bicyclic) bond motifs is 1. The lowest BCUT2D eigenvalue weighted by molar-refractivity contribution is 0.0115. The number of thiazole rings is 1. The number of para-hydroxylation sites is 1. The summed E-state index contributed by atoms with van der Waals surface area (Å²) in [4.78, 5) is 10.1. The third kappa shape index (κ3) is 3.17. The summed E-state index contributed by atoms with van der Waals surface area (Å²) in [5, 5.41) is 1.21. The number of aromatic nitrogens is 1. The summed E-state index contributed by atoms with van der Waals surface area (Å²) in [5.74, 6) is 0.524. The van der Waals surface area contributed by atoms with Gasteiger partial charge in [-0.2, -0.15) is 0 Å². The zero-order valence-corrected chi connectivity index (χ0v) is 15.5. The number of hydrogen-bond donors (Lipinski definition) is 0. The first kappa shape index (κ1) is 16.3. The fourth-order valence-electron chi connectivity index (χ4n) is 3.92. The van der Waals surface area contributed by atoms with Crippen LogP contribution in [0, 0.1) is 0 Å². The van der Waals surface area contributed by atoms with Crippen molar-refractivity contribution >= 4 is 26.7 Å². The van der Waals surface area contributed by atoms with Gasteiger partial charge in [0, 0.05) is 32.2 Å². The van der Waals surface area contributed by atoms with Crippen molar-refractivity contribution in [2.24, 2.45) is 0 Å². The van der Waals surface area contributed by atoms with E-state index in [1.807, 2.05) is 11.3 Å². The maximum Gasteiger partial charge on any atom is 0.186 e. The van der Waals surface area contributed by atoms with Gasteiger partial charge in [0.15, 0.2) is 5.13 Å². The lowest BCUT2D eigenvalue weighted by Gasteiger charge is -2.40. The van der Waals surface area contributed by atoms with Crippen LogP contribution in [0.5, 0.6) is 0 Å². The number of ether oxygens (including phenoxy) is 1. The van der Waals surface area contributed by atoms with Gasteiger partial charge < -0.3 is 9.64 Å². The van der Waals surface area contributed by atoms with Gasteiger partial charge in [0.25, 0.3) is 0 Å². The highest BCUT2D eigenvalue weighted by Gasteiger charge is 2.27. The summed E-state index contributed by atoms with van der Waals surface area (Å²) in [5.41, 5.74) is 2.58. The van der Waals surface area contributed by atoms with Crippen LogP contribution in [0.1, 0.15) is 38.2 Å². The van der Waals surface area contributed by atoms with Gasteiger partial charge in [0.1, 0.15) is 0 Å². The first-order chi connectivity index (χ1) is 11.7. The molecule has 1 aromatic carbocycles. The fraction of sp³-hybridized carbons (Fsp3) is 0.632. The molecule has 2 aliphatic rings. The van der Waals surface area contributed by atoms with E-state index >= 15 is 0 Å². The molecule has 0 unspecified atom stereocenters. The quantitative estimate of drug-likeness (QED) is 0.848. The van der Waals surface area contributed by atoms with Gasteiger partial charge in [-0.15, -0.1) is 0 Å². The molecule has 5 heteroatoms. The summed E-state index contributed by atoms with van der Waals surface area (Å²) in [7, 11) is 0. The standard InChI is InChI=1S/C19H27N3OS/c1-14(2)16-4-3-5-17-18(16)20-19(24-17)22-8-6-15(7-9-22)21-10-12-23-13-11-21/h3-5,14-15H,6-13H2,1-2H3. The van der Waals surface area contributed by atoms with Crippen LogP contribution in [0.25, 0.3) is 10.2 Å². The second-order valence-electron chi connectivity index (χ2n) is 7.21. The second kappa shape index (κ2) is 6.98. The number of hydrogen-bond acceptors (Lipinski definition) is 5. The van der Waals surface area contributed by atoms with E-state index in [0.29, 0.717) is 5.92 Å². The van der Waals surface area contributed by atoms with Crippen molar-refractivity contribution in [3.05, 3.63) is 23.8 Å². The molecule has 2 fully saturated rings. The maximum atomic E-state index is 5.48. The molecule has 4 nitrogen and oxygen atoms in total. The van der Waals surface area contributed by atoms with Crippen LogP contribution in [0.15, 0.2) is 18.2 Å². The Morgan fingerprint density at radius 1 is 1.12 bits per heavy atom. The van der Waals surface area contributed by atoms with Gasteiger partial charge >= 0.3 is 0 Å². The van der Waals surface area contributed by atoms with Crippen LogP contribution >= 0.6 is 11.3 Å². The number of rotatable bonds is 3. The monoisotopic (exact) mass is 345 g/mol. The summed E-state index contributed by atoms with van der Waals surface area (Å²) in [6, 6.07) is 7.33. The van der Waals surface area contributed by atoms with Gasteiger partial charge in [-0.3, -0.25) is 4.90 Å². The van der Waals surface area contributed by atoms with E-state index < -0.39 is 0 Å². The number of piperidine rings is 1. The molecule has 0 N–H and O–H groups in total. The summed E-state index contributed by atoms with van der Waals surface area (Å²) < 4.78 is 6.81. The van der Waals surface area contributed by atoms with Crippen molar-refractivity contribution in [2.45, 2.75) is 38.6 Å². The van der Waals surface area contributed by atoms with E-state index in [1.165, 1.54) is 33.8 Å². The van der Waals surface area contributed by atoms with Crippen molar-refractivity contribution in [2.75, 3.05) is 44.3 Å². The highest BCUT2D eigenvalue weighted by Crippen LogP contribution is 2.34. The van der Waals surface area contributed by atoms with Crippen LogP contribution in [-0.4, -0.2) is 55.3 Å². The summed E-state index contributed by atoms with van der Waals surface area (Å²) in [6.07, 6.45) is 2.49. The largest absolute Gasteiger partial charge is 0.379 e. The molecule has 2 aliphatic heterocycles. The van der Waals surface area contributed by atoms with Crippen molar-refractivity contribution in [3.8, 4) is 0 Å². The van der Waals surface area contributed by atoms with Crippen molar-refractivity contribution in [1.82, 2.24) is 9.88 Å². The Morgan fingerprint density at radius 3 is 2.58 bits per heavy atom. The zero-order valence-electron chi connectivity index (χ0n) is 14.7. The molecule has 3 heterocycles. The van der Waals surface area contributed by atoms with Gasteiger partial charge in [-0.1, -0.05) is 37.3 Å². The van der Waals surface area contributed by atoms with E-state index in [4.69, 9.17) is 9.72 Å². The minimum atomic E-state index is 0.524. The topological polar surface area (TPSA) is 28.6 Å². The third-order valence-electron chi connectivity index (χ3n) is 5.36. The average molecular weight is 346 g/mol. The molecule has 0 radical (unpaired) electrons. The minimum Gasteiger partial charge on any atom is -0.379 e. The molecule has 0 aliphatic carbocycles. The molecule has 0 saturated carbocycles. The van der Waals surface area contributed by atoms with E-state index in [0.717, 1.165) is 45.4 Å². The Labute approximate surface area is 148 Å². The smallest absolute Gasteiger partial charge is 0.186 e. The van der Waals surface area contributed by atoms with Crippen LogP contribution in [0.4, 0.5) is 5.13 Å². The zero-order chi connectivity index (χ0) is 16.5. The molecule has 2 saturated heterocycles. The van der Waals surface area contributed by atoms with E-state index in [-0.39, 0.29) is 0 Å². The minimum absolute atomic E-state index is 0.524. The van der Waals surface area contributed by atoms with E-state index in [1.54, 1.807) is 0 Å². The van der Waals surface area contributed by atoms with Crippen LogP contribution < -0.4 is 4.90 Å². The highest BCUT2D eigenvalue weighted by atomic mass is 32.1. The Bertz CT molecular complexity index is 685. The maximum absolute atomic E-state index is 5.48. The van der Waals surface area contributed by atoms with Crippen LogP contribution in [0.3, 0.4) is 0 Å². The SMILES string of the molecule is CC(C)c1cccc2sc(N3CCC(N4CCOCC4)CC3)nc12. The number of morpholine rings is 1. The molecule has 2 aromatic rings. The Morgan fingerprint density at radius 2 is 1.88 bits per heavy atom. The lowest BCUT2D eigenvalue weighted by Crippen LogP contribution is -2.49. The molecule has 0 bridgehead atoms. The molecular weight excluding hydrogens is 318 g/mol. The number of anilines is 1. The lowest BCUT2D eigenvalue weighted by atomic mass is 10.0. The molecule has 0 amide bonds. The van der Waals surface area contributed by atoms with Crippen molar-refractivity contribution in [1.29, 1.82) is 0 Å². The first-order valence-electron chi connectivity index (χ1n) is 9.18. The number of benzene rings is 1. The molecule has 130 valence electrons. The average Bonchev–Trinajstić information content (AvgIpc) is 3.06. The predicted octanol–water partition coefficient (Wildman–Crippen LogP) is 3.72. The second-order valence-corrected chi connectivity index (χ2v) is 8.22. The number of nitrogens with zero attached hydrogens (tertiary/aromatic N) is 3. The normalized spacial score (nSPS) is 21.0. The van der Waals surface area contributed by atoms with Gasteiger partial charge in [0.05, 0.1) is 23.4 Å². The van der Waals surface area contributed by atoms with Gasteiger partial charge in [-0.25, -0.2) is 4.98 Å². The fourth-order valence-corrected chi connectivity index (χ4v) is 4.98. The Balaban J connectivity index is 1.47. The predicted molar refractivity (Wildman–Crippen MR) is 101 cm³/mol. The van der Waals surface area contributed by atoms with Crippen LogP contribution in [-0.2, 0) is 4.74 Å². The van der Waals surface area contributed by atoms with Gasteiger partial charge in [-0.05, 0) is 30.4 Å². The molecule has 1 aromatic heterocycles. The van der Waals surface area contributed by atoms with Gasteiger partial charge in [0.2, 0.25) is 0 Å². The highest BCUT2D eigenvalue weighted by molar-refractivity contribution is 7.22. The molecule has 0 atom stereocenters. The molecule has 24 heavy (non-hydrogen) atoms. The third-order valence-corrected chi connectivity index (χ3v) is 6.44. The first-order valence-corrected chi connectivity index (χ1v) is 10.00. The Kier molecular flexibility index (Phi) is 4.74. The van der Waals surface area contributed by atoms with E-state index in [9.17, 15) is 0 Å². The van der Waals surface area contributed by atoms with Crippen LogP contribution in [0.2, 0.25) is 0 Å². The van der Waals surface area contributed by atoms with Crippen molar-refractivity contribution in [3.63, 3.8) is 0 Å². The molecule has 0 spiro atoms. The molecule has 4 rings (SSSR count). The molecular formula is C19H27N3OS. The summed E-state index contributed by atoms with van der Waals surface area (Å²) in [6.45, 7) is 10.8. The Hall–Kier alpha value is -1.17. The van der Waals surface area contributed by atoms with E-state index in [2.05, 4.69) is 41.8 Å². The summed E-state index contributed by atoms with van der Waals surface area (Å²) >= 11 is 1.85.